The molecule has 0 aliphatic heterocycles. The average Bonchev–Trinajstić information content (AvgIpc) is 3.17. The molecule has 0 saturated heterocycles. The lowest BCUT2D eigenvalue weighted by Gasteiger charge is -2.25. The Morgan fingerprint density at radius 3 is 2.66 bits per heavy atom. The fourth-order valence-corrected chi connectivity index (χ4v) is 4.96. The summed E-state index contributed by atoms with van der Waals surface area (Å²) in [6.07, 6.45) is 0. The van der Waals surface area contributed by atoms with Gasteiger partial charge in [-0.05, 0) is 42.3 Å². The van der Waals surface area contributed by atoms with Crippen LogP contribution < -0.4 is 15.2 Å². The van der Waals surface area contributed by atoms with Crippen molar-refractivity contribution < 1.29 is 22.0 Å². The van der Waals surface area contributed by atoms with Crippen LogP contribution in [0.5, 0.6) is 5.75 Å². The van der Waals surface area contributed by atoms with Gasteiger partial charge in [0.25, 0.3) is 0 Å². The van der Waals surface area contributed by atoms with Crippen LogP contribution in [-0.2, 0) is 10.0 Å². The molecule has 0 bridgehead atoms. The molecule has 2 atom stereocenters. The normalized spacial score (nSPS) is 13.4. The summed E-state index contributed by atoms with van der Waals surface area (Å²) in [7, 11) is -3.01. The summed E-state index contributed by atoms with van der Waals surface area (Å²) in [5.74, 6) is -2.82. The molecular formula is C20H18ClFN4O5S. The van der Waals surface area contributed by atoms with Crippen molar-refractivity contribution in [2.24, 2.45) is 0 Å². The molecule has 2 N–H and O–H groups in total. The first kappa shape index (κ1) is 23.5. The number of halogens is 2. The van der Waals surface area contributed by atoms with Gasteiger partial charge in [-0.3, -0.25) is 0 Å². The SMILES string of the molecule is COc1cc(Cl)ccc1S(=O)(=O)NC(c1n[nH]c(=O)o1)C(C)c1c(F)ccc(C#N)c1C. The predicted octanol–water partition coefficient (Wildman–Crippen LogP) is 3.17. The van der Waals surface area contributed by atoms with E-state index < -0.39 is 33.6 Å². The highest BCUT2D eigenvalue weighted by Gasteiger charge is 2.34. The number of aromatic amines is 1. The third-order valence-corrected chi connectivity index (χ3v) is 6.67. The number of H-pyrrole nitrogens is 1. The lowest BCUT2D eigenvalue weighted by atomic mass is 9.88. The minimum absolute atomic E-state index is 0.0197. The van der Waals surface area contributed by atoms with Crippen molar-refractivity contribution in [3.63, 3.8) is 0 Å². The van der Waals surface area contributed by atoms with Gasteiger partial charge >= 0.3 is 5.76 Å². The largest absolute Gasteiger partial charge is 0.495 e. The molecule has 9 nitrogen and oxygen atoms in total. The van der Waals surface area contributed by atoms with Gasteiger partial charge in [-0.25, -0.2) is 22.7 Å². The van der Waals surface area contributed by atoms with Gasteiger partial charge < -0.3 is 9.15 Å². The zero-order valence-electron chi connectivity index (χ0n) is 17.1. The molecule has 1 aromatic heterocycles. The van der Waals surface area contributed by atoms with Crippen molar-refractivity contribution in [1.29, 1.82) is 5.26 Å². The Kier molecular flexibility index (Phi) is 6.68. The number of ether oxygens (including phenoxy) is 1. The second kappa shape index (κ2) is 9.12. The van der Waals surface area contributed by atoms with E-state index in [0.29, 0.717) is 5.56 Å². The Morgan fingerprint density at radius 2 is 2.06 bits per heavy atom. The van der Waals surface area contributed by atoms with Crippen LogP contribution in [-0.4, -0.2) is 25.7 Å². The van der Waals surface area contributed by atoms with Crippen molar-refractivity contribution in [1.82, 2.24) is 14.9 Å². The molecule has 0 fully saturated rings. The summed E-state index contributed by atoms with van der Waals surface area (Å²) in [5.41, 5.74) is 0.620. The number of nitriles is 1. The van der Waals surface area contributed by atoms with Gasteiger partial charge in [-0.2, -0.15) is 9.98 Å². The predicted molar refractivity (Wildman–Crippen MR) is 112 cm³/mol. The lowest BCUT2D eigenvalue weighted by molar-refractivity contribution is 0.374. The van der Waals surface area contributed by atoms with E-state index in [1.807, 2.05) is 6.07 Å². The number of aromatic nitrogens is 2. The van der Waals surface area contributed by atoms with Crippen LogP contribution >= 0.6 is 11.6 Å². The molecule has 0 aliphatic rings. The van der Waals surface area contributed by atoms with Crippen molar-refractivity contribution in [2.45, 2.75) is 30.7 Å². The summed E-state index contributed by atoms with van der Waals surface area (Å²) >= 11 is 5.92. The number of benzene rings is 2. The molecule has 32 heavy (non-hydrogen) atoms. The maximum absolute atomic E-state index is 14.8. The Labute approximate surface area is 187 Å². The van der Waals surface area contributed by atoms with Crippen molar-refractivity contribution in [3.8, 4) is 11.8 Å². The maximum atomic E-state index is 14.8. The number of rotatable bonds is 7. The molecule has 3 rings (SSSR count). The maximum Gasteiger partial charge on any atom is 0.434 e. The average molecular weight is 481 g/mol. The van der Waals surface area contributed by atoms with Gasteiger partial charge in [0.15, 0.2) is 0 Å². The van der Waals surface area contributed by atoms with Gasteiger partial charge in [0.05, 0.1) is 18.7 Å². The zero-order valence-corrected chi connectivity index (χ0v) is 18.7. The van der Waals surface area contributed by atoms with Crippen molar-refractivity contribution in [3.05, 3.63) is 74.3 Å². The topological polar surface area (TPSA) is 138 Å². The summed E-state index contributed by atoms with van der Waals surface area (Å²) in [4.78, 5) is 11.3. The molecule has 12 heteroatoms. The quantitative estimate of drug-likeness (QED) is 0.529. The third kappa shape index (κ3) is 4.52. The molecule has 0 saturated carbocycles. The molecule has 2 unspecified atom stereocenters. The Morgan fingerprint density at radius 1 is 1.34 bits per heavy atom. The molecule has 1 heterocycles. The van der Waals surface area contributed by atoms with Crippen LogP contribution in [0.25, 0.3) is 0 Å². The Hall–Kier alpha value is -3.20. The van der Waals surface area contributed by atoms with Crippen LogP contribution in [0.3, 0.4) is 0 Å². The number of hydrogen-bond acceptors (Lipinski definition) is 7. The highest BCUT2D eigenvalue weighted by Crippen LogP contribution is 2.36. The molecule has 0 aliphatic carbocycles. The van der Waals surface area contributed by atoms with Crippen LogP contribution in [0.15, 0.2) is 44.4 Å². The fraction of sp³-hybridized carbons (Fsp3) is 0.250. The number of hydrogen-bond donors (Lipinski definition) is 2. The molecule has 0 spiro atoms. The second-order valence-electron chi connectivity index (χ2n) is 6.88. The summed E-state index contributed by atoms with van der Waals surface area (Å²) in [6.45, 7) is 3.06. The van der Waals surface area contributed by atoms with Crippen molar-refractivity contribution >= 4 is 21.6 Å². The molecule has 2 aromatic carbocycles. The van der Waals surface area contributed by atoms with E-state index in [9.17, 15) is 22.9 Å². The molecule has 168 valence electrons. The molecule has 3 aromatic rings. The highest BCUT2D eigenvalue weighted by atomic mass is 35.5. The molecule has 0 amide bonds. The smallest absolute Gasteiger partial charge is 0.434 e. The first-order valence-corrected chi connectivity index (χ1v) is 11.1. The molecular weight excluding hydrogens is 463 g/mol. The first-order valence-electron chi connectivity index (χ1n) is 9.19. The lowest BCUT2D eigenvalue weighted by Crippen LogP contribution is -2.33. The van der Waals surface area contributed by atoms with Gasteiger partial charge in [0, 0.05) is 17.0 Å². The van der Waals surface area contributed by atoms with Crippen LogP contribution in [0.2, 0.25) is 5.02 Å². The van der Waals surface area contributed by atoms with E-state index in [1.54, 1.807) is 6.92 Å². The van der Waals surface area contributed by atoms with Gasteiger partial charge in [-0.1, -0.05) is 18.5 Å². The highest BCUT2D eigenvalue weighted by molar-refractivity contribution is 7.89. The van der Waals surface area contributed by atoms with Crippen LogP contribution in [0, 0.1) is 24.1 Å². The molecule has 0 radical (unpaired) electrons. The van der Waals surface area contributed by atoms with Crippen LogP contribution in [0.4, 0.5) is 4.39 Å². The zero-order chi connectivity index (χ0) is 23.6. The van der Waals surface area contributed by atoms with E-state index >= 15 is 0 Å². The minimum atomic E-state index is -4.29. The van der Waals surface area contributed by atoms with Crippen LogP contribution in [0.1, 0.15) is 41.5 Å². The van der Waals surface area contributed by atoms with E-state index in [-0.39, 0.29) is 32.7 Å². The van der Waals surface area contributed by atoms with Gasteiger partial charge in [0.1, 0.15) is 22.5 Å². The summed E-state index contributed by atoms with van der Waals surface area (Å²) < 4.78 is 53.7. The summed E-state index contributed by atoms with van der Waals surface area (Å²) in [6, 6.07) is 7.04. The monoisotopic (exact) mass is 480 g/mol. The number of nitrogens with one attached hydrogen (secondary N) is 2. The van der Waals surface area contributed by atoms with Gasteiger partial charge in [-0.15, -0.1) is 5.10 Å². The standard InChI is InChI=1S/C20H18ClFN4O5S/c1-10-12(9-23)4-6-14(22)17(10)11(2)18(19-24-25-20(27)31-19)26-32(28,29)16-7-5-13(21)8-15(16)30-3/h4-8,11,18,26H,1-3H3,(H,25,27). The number of methoxy groups -OCH3 is 1. The fourth-order valence-electron chi connectivity index (χ4n) is 3.38. The van der Waals surface area contributed by atoms with E-state index in [4.69, 9.17) is 20.8 Å². The van der Waals surface area contributed by atoms with E-state index in [0.717, 1.165) is 6.07 Å². The van der Waals surface area contributed by atoms with Crippen molar-refractivity contribution in [2.75, 3.05) is 7.11 Å². The van der Waals surface area contributed by atoms with E-state index in [2.05, 4.69) is 14.9 Å². The van der Waals surface area contributed by atoms with E-state index in [1.165, 1.54) is 38.3 Å². The second-order valence-corrected chi connectivity index (χ2v) is 9.00. The minimum Gasteiger partial charge on any atom is -0.495 e. The summed E-state index contributed by atoms with van der Waals surface area (Å²) in [5, 5.41) is 15.4. The Bertz CT molecular complexity index is 1360. The third-order valence-electron chi connectivity index (χ3n) is 4.96. The number of nitrogens with zero attached hydrogens (tertiary/aromatic N) is 2. The number of sulfonamides is 1. The first-order chi connectivity index (χ1) is 15.1. The van der Waals surface area contributed by atoms with Gasteiger partial charge in [0.2, 0.25) is 15.9 Å². The Balaban J connectivity index is 2.14.